The van der Waals surface area contributed by atoms with Crippen LogP contribution in [0.2, 0.25) is 0 Å². The van der Waals surface area contributed by atoms with E-state index in [0.717, 1.165) is 23.3 Å². The van der Waals surface area contributed by atoms with E-state index in [-0.39, 0.29) is 48.1 Å². The highest BCUT2D eigenvalue weighted by Gasteiger charge is 2.14. The quantitative estimate of drug-likeness (QED) is 0.311. The molecule has 154 valence electrons. The standard InChI is InChI=1S/C20H34N4O2.HI/c1-8-15(3)26-17-11-14(2)9-10-16(17)12-22-19(21-7)23-13-18(25)24-20(4,5)6;/h9-11,15H,8,12-13H2,1-7H3,(H,24,25)(H2,21,22,23);1H. The van der Waals surface area contributed by atoms with Crippen LogP contribution in [0.3, 0.4) is 0 Å². The summed E-state index contributed by atoms with van der Waals surface area (Å²) in [4.78, 5) is 16.1. The molecule has 0 aliphatic heterocycles. The second-order valence-electron chi connectivity index (χ2n) is 7.53. The van der Waals surface area contributed by atoms with Gasteiger partial charge in [0.2, 0.25) is 5.91 Å². The molecule has 1 rings (SSSR count). The Kier molecular flexibility index (Phi) is 11.4. The summed E-state index contributed by atoms with van der Waals surface area (Å²) in [6.07, 6.45) is 1.11. The number of rotatable bonds is 7. The van der Waals surface area contributed by atoms with Crippen molar-refractivity contribution in [2.24, 2.45) is 4.99 Å². The fourth-order valence-electron chi connectivity index (χ4n) is 2.24. The third-order valence-electron chi connectivity index (χ3n) is 3.73. The molecule has 1 aromatic carbocycles. The van der Waals surface area contributed by atoms with Crippen LogP contribution in [0.1, 0.15) is 52.2 Å². The summed E-state index contributed by atoms with van der Waals surface area (Å²) in [7, 11) is 1.68. The molecule has 0 radical (unpaired) electrons. The average molecular weight is 490 g/mol. The lowest BCUT2D eigenvalue weighted by atomic mass is 10.1. The molecule has 6 nitrogen and oxygen atoms in total. The van der Waals surface area contributed by atoms with Crippen molar-refractivity contribution in [1.82, 2.24) is 16.0 Å². The first-order chi connectivity index (χ1) is 12.1. The molecule has 3 N–H and O–H groups in total. The largest absolute Gasteiger partial charge is 0.490 e. The summed E-state index contributed by atoms with van der Waals surface area (Å²) < 4.78 is 6.03. The van der Waals surface area contributed by atoms with Gasteiger partial charge in [-0.3, -0.25) is 9.79 Å². The van der Waals surface area contributed by atoms with E-state index < -0.39 is 0 Å². The summed E-state index contributed by atoms with van der Waals surface area (Å²) in [5.74, 6) is 1.38. The van der Waals surface area contributed by atoms with Gasteiger partial charge in [-0.05, 0) is 52.7 Å². The minimum Gasteiger partial charge on any atom is -0.490 e. The number of benzene rings is 1. The molecular weight excluding hydrogens is 455 g/mol. The first kappa shape index (κ1) is 25.5. The van der Waals surface area contributed by atoms with Crippen molar-refractivity contribution < 1.29 is 9.53 Å². The third-order valence-corrected chi connectivity index (χ3v) is 3.73. The van der Waals surface area contributed by atoms with Crippen molar-refractivity contribution >= 4 is 35.8 Å². The Morgan fingerprint density at radius 3 is 2.48 bits per heavy atom. The molecule has 1 atom stereocenters. The highest BCUT2D eigenvalue weighted by molar-refractivity contribution is 14.0. The maximum atomic E-state index is 11.9. The van der Waals surface area contributed by atoms with E-state index in [1.54, 1.807) is 7.05 Å². The van der Waals surface area contributed by atoms with Gasteiger partial charge in [0.25, 0.3) is 0 Å². The Labute approximate surface area is 181 Å². The zero-order valence-electron chi connectivity index (χ0n) is 17.6. The zero-order valence-corrected chi connectivity index (χ0v) is 19.9. The number of guanidine groups is 1. The molecule has 0 aliphatic rings. The number of aliphatic imine (C=N–C) groups is 1. The molecule has 0 saturated heterocycles. The zero-order chi connectivity index (χ0) is 19.7. The van der Waals surface area contributed by atoms with Crippen LogP contribution in [0.4, 0.5) is 0 Å². The van der Waals surface area contributed by atoms with Crippen LogP contribution in [-0.4, -0.2) is 37.1 Å². The van der Waals surface area contributed by atoms with Gasteiger partial charge < -0.3 is 20.7 Å². The molecule has 1 aromatic rings. The molecule has 0 aromatic heterocycles. The Morgan fingerprint density at radius 2 is 1.93 bits per heavy atom. The minimum atomic E-state index is -0.250. The lowest BCUT2D eigenvalue weighted by Crippen LogP contribution is -2.48. The van der Waals surface area contributed by atoms with E-state index in [2.05, 4.69) is 59.9 Å². The van der Waals surface area contributed by atoms with Gasteiger partial charge in [-0.1, -0.05) is 19.1 Å². The predicted octanol–water partition coefficient (Wildman–Crippen LogP) is 3.37. The molecule has 0 aliphatic carbocycles. The van der Waals surface area contributed by atoms with Crippen LogP contribution in [0, 0.1) is 6.92 Å². The first-order valence-corrected chi connectivity index (χ1v) is 9.16. The van der Waals surface area contributed by atoms with E-state index in [9.17, 15) is 4.79 Å². The molecule has 27 heavy (non-hydrogen) atoms. The lowest BCUT2D eigenvalue weighted by molar-refractivity contribution is -0.121. The number of hydrogen-bond acceptors (Lipinski definition) is 3. The number of nitrogens with zero attached hydrogens (tertiary/aromatic N) is 1. The number of carbonyl (C=O) groups excluding carboxylic acids is 1. The Balaban J connectivity index is 0.00000676. The highest BCUT2D eigenvalue weighted by atomic mass is 127. The fraction of sp³-hybridized carbons (Fsp3) is 0.600. The fourth-order valence-corrected chi connectivity index (χ4v) is 2.24. The summed E-state index contributed by atoms with van der Waals surface area (Å²) in [6.45, 7) is 12.8. The molecule has 0 saturated carbocycles. The summed E-state index contributed by atoms with van der Waals surface area (Å²) in [6, 6.07) is 6.17. The van der Waals surface area contributed by atoms with E-state index in [0.29, 0.717) is 12.5 Å². The van der Waals surface area contributed by atoms with Crippen LogP contribution >= 0.6 is 24.0 Å². The third kappa shape index (κ3) is 10.4. The Hall–Kier alpha value is -1.51. The molecule has 1 amide bonds. The van der Waals surface area contributed by atoms with Crippen molar-refractivity contribution in [3.8, 4) is 5.75 Å². The normalized spacial score (nSPS) is 12.6. The van der Waals surface area contributed by atoms with E-state index in [1.807, 2.05) is 20.8 Å². The number of ether oxygens (including phenoxy) is 1. The number of amides is 1. The number of hydrogen-bond donors (Lipinski definition) is 3. The maximum Gasteiger partial charge on any atom is 0.239 e. The maximum absolute atomic E-state index is 11.9. The molecule has 0 heterocycles. The highest BCUT2D eigenvalue weighted by Crippen LogP contribution is 2.22. The molecule has 1 unspecified atom stereocenters. The van der Waals surface area contributed by atoms with Crippen molar-refractivity contribution in [3.63, 3.8) is 0 Å². The van der Waals surface area contributed by atoms with Crippen molar-refractivity contribution in [2.75, 3.05) is 13.6 Å². The van der Waals surface area contributed by atoms with Crippen molar-refractivity contribution in [3.05, 3.63) is 29.3 Å². The molecule has 0 spiro atoms. The SMILES string of the molecule is CCC(C)Oc1cc(C)ccc1CNC(=NC)NCC(=O)NC(C)(C)C.I. The topological polar surface area (TPSA) is 74.8 Å². The van der Waals surface area contributed by atoms with Gasteiger partial charge in [-0.15, -0.1) is 24.0 Å². The van der Waals surface area contributed by atoms with Gasteiger partial charge in [0.1, 0.15) is 5.75 Å². The van der Waals surface area contributed by atoms with Crippen LogP contribution in [-0.2, 0) is 11.3 Å². The van der Waals surface area contributed by atoms with Crippen LogP contribution < -0.4 is 20.7 Å². The first-order valence-electron chi connectivity index (χ1n) is 9.16. The number of carbonyl (C=O) groups is 1. The number of nitrogens with one attached hydrogen (secondary N) is 3. The van der Waals surface area contributed by atoms with Gasteiger partial charge in [-0.2, -0.15) is 0 Å². The van der Waals surface area contributed by atoms with Gasteiger partial charge in [-0.25, -0.2) is 0 Å². The molecular formula is C20H35IN4O2. The van der Waals surface area contributed by atoms with Gasteiger partial charge >= 0.3 is 0 Å². The summed E-state index contributed by atoms with van der Waals surface area (Å²) in [5.41, 5.74) is 1.96. The van der Waals surface area contributed by atoms with Crippen molar-refractivity contribution in [1.29, 1.82) is 0 Å². The van der Waals surface area contributed by atoms with E-state index >= 15 is 0 Å². The smallest absolute Gasteiger partial charge is 0.239 e. The van der Waals surface area contributed by atoms with Crippen LogP contribution in [0.15, 0.2) is 23.2 Å². The predicted molar refractivity (Wildman–Crippen MR) is 123 cm³/mol. The Bertz CT molecular complexity index is 627. The monoisotopic (exact) mass is 490 g/mol. The molecule has 0 bridgehead atoms. The van der Waals surface area contributed by atoms with Gasteiger partial charge in [0.05, 0.1) is 12.6 Å². The Morgan fingerprint density at radius 1 is 1.26 bits per heavy atom. The molecule has 0 fully saturated rings. The minimum absolute atomic E-state index is 0. The van der Waals surface area contributed by atoms with Crippen LogP contribution in [0.25, 0.3) is 0 Å². The second kappa shape index (κ2) is 12.0. The van der Waals surface area contributed by atoms with E-state index in [1.165, 1.54) is 0 Å². The summed E-state index contributed by atoms with van der Waals surface area (Å²) in [5, 5.41) is 9.18. The number of aryl methyl sites for hydroxylation is 1. The summed E-state index contributed by atoms with van der Waals surface area (Å²) >= 11 is 0. The van der Waals surface area contributed by atoms with E-state index in [4.69, 9.17) is 4.74 Å². The van der Waals surface area contributed by atoms with Gasteiger partial charge in [0, 0.05) is 24.7 Å². The number of halogens is 1. The average Bonchev–Trinajstić information content (AvgIpc) is 2.54. The van der Waals surface area contributed by atoms with Crippen LogP contribution in [0.5, 0.6) is 5.75 Å². The lowest BCUT2D eigenvalue weighted by Gasteiger charge is -2.21. The molecule has 7 heteroatoms. The van der Waals surface area contributed by atoms with Gasteiger partial charge in [0.15, 0.2) is 5.96 Å². The second-order valence-corrected chi connectivity index (χ2v) is 7.53. The van der Waals surface area contributed by atoms with Crippen molar-refractivity contribution in [2.45, 2.75) is 66.2 Å².